The zero-order chi connectivity index (χ0) is 13.7. The van der Waals surface area contributed by atoms with Crippen molar-refractivity contribution in [2.45, 2.75) is 12.7 Å². The Kier molecular flexibility index (Phi) is 4.94. The van der Waals surface area contributed by atoms with Gasteiger partial charge in [-0.2, -0.15) is 0 Å². The predicted octanol–water partition coefficient (Wildman–Crippen LogP) is 0.799. The van der Waals surface area contributed by atoms with Gasteiger partial charge in [0.1, 0.15) is 0 Å². The Morgan fingerprint density at radius 1 is 1.22 bits per heavy atom. The first-order valence-electron chi connectivity index (χ1n) is 5.35. The van der Waals surface area contributed by atoms with Gasteiger partial charge in [0, 0.05) is 20.6 Å². The Morgan fingerprint density at radius 3 is 2.33 bits per heavy atom. The lowest BCUT2D eigenvalue weighted by Crippen LogP contribution is -2.20. The molecule has 6 heteroatoms. The third kappa shape index (κ3) is 2.91. The predicted molar refractivity (Wildman–Crippen MR) is 68.1 cm³/mol. The maximum Gasteiger partial charge on any atom is 0.338 e. The van der Waals surface area contributed by atoms with Gasteiger partial charge in [-0.15, -0.1) is 0 Å². The van der Waals surface area contributed by atoms with Crippen molar-refractivity contribution in [3.05, 3.63) is 23.3 Å². The van der Waals surface area contributed by atoms with Gasteiger partial charge >= 0.3 is 5.97 Å². The molecule has 0 spiro atoms. The molecule has 1 aromatic carbocycles. The van der Waals surface area contributed by atoms with E-state index in [9.17, 15) is 4.79 Å². The number of methoxy groups -OCH3 is 3. The van der Waals surface area contributed by atoms with Crippen LogP contribution < -0.4 is 11.5 Å². The number of carbonyl (C=O) groups excluding carboxylic acids is 1. The first kappa shape index (κ1) is 14.3. The van der Waals surface area contributed by atoms with Crippen LogP contribution in [0.25, 0.3) is 0 Å². The number of ether oxygens (including phenoxy) is 3. The molecule has 6 nitrogen and oxygen atoms in total. The number of hydrogen-bond acceptors (Lipinski definition) is 6. The average Bonchev–Trinajstić information content (AvgIpc) is 2.39. The molecule has 0 saturated heterocycles. The lowest BCUT2D eigenvalue weighted by molar-refractivity contribution is -0.100. The van der Waals surface area contributed by atoms with Gasteiger partial charge in [-0.3, -0.25) is 0 Å². The van der Waals surface area contributed by atoms with Crippen molar-refractivity contribution < 1.29 is 19.0 Å². The number of benzene rings is 1. The first-order valence-corrected chi connectivity index (χ1v) is 5.35. The fourth-order valence-electron chi connectivity index (χ4n) is 1.63. The third-order valence-electron chi connectivity index (χ3n) is 2.69. The summed E-state index contributed by atoms with van der Waals surface area (Å²) in [6, 6.07) is 3.15. The van der Waals surface area contributed by atoms with Crippen molar-refractivity contribution >= 4 is 17.3 Å². The molecule has 0 fully saturated rings. The number of hydrogen-bond donors (Lipinski definition) is 2. The Labute approximate surface area is 106 Å². The van der Waals surface area contributed by atoms with Crippen molar-refractivity contribution in [3.63, 3.8) is 0 Å². The highest BCUT2D eigenvalue weighted by molar-refractivity contribution is 5.94. The summed E-state index contributed by atoms with van der Waals surface area (Å²) < 4.78 is 14.9. The number of carbonyl (C=O) groups is 1. The normalized spacial score (nSPS) is 10.7. The highest BCUT2D eigenvalue weighted by Crippen LogP contribution is 2.26. The summed E-state index contributed by atoms with van der Waals surface area (Å²) in [5.41, 5.74) is 13.3. The maximum absolute atomic E-state index is 11.7. The topological polar surface area (TPSA) is 96.8 Å². The summed E-state index contributed by atoms with van der Waals surface area (Å²) in [5.74, 6) is -0.470. The molecule has 18 heavy (non-hydrogen) atoms. The van der Waals surface area contributed by atoms with Crippen LogP contribution in [-0.4, -0.2) is 33.6 Å². The fraction of sp³-hybridized carbons (Fsp3) is 0.417. The minimum atomic E-state index is -0.502. The smallest absolute Gasteiger partial charge is 0.338 e. The molecular formula is C12H18N2O4. The van der Waals surface area contributed by atoms with Gasteiger partial charge in [0.2, 0.25) is 0 Å². The molecule has 1 rings (SSSR count). The second-order valence-corrected chi connectivity index (χ2v) is 3.69. The fourth-order valence-corrected chi connectivity index (χ4v) is 1.63. The van der Waals surface area contributed by atoms with Crippen molar-refractivity contribution in [1.82, 2.24) is 0 Å². The molecule has 0 aliphatic carbocycles. The zero-order valence-electron chi connectivity index (χ0n) is 10.7. The standard InChI is InChI=1S/C12H18N2O4/c1-16-10(17-2)6-8-7(12(15)18-3)4-5-9(13)11(8)14/h4-5,10H,6,13-14H2,1-3H3. The Bertz CT molecular complexity index is 430. The lowest BCUT2D eigenvalue weighted by Gasteiger charge is -2.18. The molecule has 0 aliphatic rings. The molecular weight excluding hydrogens is 236 g/mol. The van der Waals surface area contributed by atoms with E-state index in [2.05, 4.69) is 0 Å². The summed E-state index contributed by atoms with van der Waals surface area (Å²) in [6.07, 6.45) is -0.189. The molecule has 0 heterocycles. The van der Waals surface area contributed by atoms with Gasteiger partial charge in [-0.25, -0.2) is 4.79 Å². The lowest BCUT2D eigenvalue weighted by atomic mass is 10.0. The van der Waals surface area contributed by atoms with E-state index in [1.807, 2.05) is 0 Å². The molecule has 0 bridgehead atoms. The Balaban J connectivity index is 3.20. The number of rotatable bonds is 5. The van der Waals surface area contributed by atoms with E-state index < -0.39 is 12.3 Å². The van der Waals surface area contributed by atoms with E-state index >= 15 is 0 Å². The summed E-state index contributed by atoms with van der Waals surface area (Å²) in [4.78, 5) is 11.7. The number of esters is 1. The minimum absolute atomic E-state index is 0.314. The summed E-state index contributed by atoms with van der Waals surface area (Å²) >= 11 is 0. The van der Waals surface area contributed by atoms with Gasteiger partial charge in [-0.1, -0.05) is 0 Å². The Hall–Kier alpha value is -1.79. The van der Waals surface area contributed by atoms with E-state index in [0.29, 0.717) is 28.9 Å². The quantitative estimate of drug-likeness (QED) is 0.458. The largest absolute Gasteiger partial charge is 0.465 e. The first-order chi connectivity index (χ1) is 8.54. The highest BCUT2D eigenvalue weighted by atomic mass is 16.7. The van der Waals surface area contributed by atoms with Gasteiger partial charge in [-0.05, 0) is 17.7 Å². The van der Waals surface area contributed by atoms with Crippen LogP contribution in [0.3, 0.4) is 0 Å². The second kappa shape index (κ2) is 6.23. The SMILES string of the molecule is COC(=O)c1ccc(N)c(N)c1CC(OC)OC. The highest BCUT2D eigenvalue weighted by Gasteiger charge is 2.19. The van der Waals surface area contributed by atoms with Crippen LogP contribution in [0.1, 0.15) is 15.9 Å². The molecule has 0 radical (unpaired) electrons. The van der Waals surface area contributed by atoms with E-state index in [-0.39, 0.29) is 0 Å². The van der Waals surface area contributed by atoms with Crippen LogP contribution in [0.4, 0.5) is 11.4 Å². The number of anilines is 2. The number of nitrogen functional groups attached to an aromatic ring is 2. The van der Waals surface area contributed by atoms with Crippen LogP contribution in [0.15, 0.2) is 12.1 Å². The van der Waals surface area contributed by atoms with Crippen LogP contribution in [0.5, 0.6) is 0 Å². The van der Waals surface area contributed by atoms with Crippen LogP contribution in [0, 0.1) is 0 Å². The summed E-state index contributed by atoms with van der Waals surface area (Å²) in [5, 5.41) is 0. The van der Waals surface area contributed by atoms with E-state index in [1.54, 1.807) is 12.1 Å². The van der Waals surface area contributed by atoms with E-state index in [0.717, 1.165) is 0 Å². The summed E-state index contributed by atoms with van der Waals surface area (Å²) in [6.45, 7) is 0. The molecule has 0 aliphatic heterocycles. The van der Waals surface area contributed by atoms with Gasteiger partial charge in [0.25, 0.3) is 0 Å². The number of nitrogens with two attached hydrogens (primary N) is 2. The van der Waals surface area contributed by atoms with Crippen molar-refractivity contribution in [2.24, 2.45) is 0 Å². The summed E-state index contributed by atoms with van der Waals surface area (Å²) in [7, 11) is 4.33. The van der Waals surface area contributed by atoms with Gasteiger partial charge < -0.3 is 25.7 Å². The third-order valence-corrected chi connectivity index (χ3v) is 2.69. The monoisotopic (exact) mass is 254 g/mol. The average molecular weight is 254 g/mol. The molecule has 1 aromatic rings. The maximum atomic E-state index is 11.7. The molecule has 0 aromatic heterocycles. The molecule has 100 valence electrons. The van der Waals surface area contributed by atoms with Gasteiger partial charge in [0.05, 0.1) is 24.0 Å². The molecule has 0 amide bonds. The molecule has 0 saturated carbocycles. The minimum Gasteiger partial charge on any atom is -0.465 e. The zero-order valence-corrected chi connectivity index (χ0v) is 10.7. The van der Waals surface area contributed by atoms with E-state index in [1.165, 1.54) is 21.3 Å². The Morgan fingerprint density at radius 2 is 1.83 bits per heavy atom. The van der Waals surface area contributed by atoms with Crippen LogP contribution in [-0.2, 0) is 20.6 Å². The molecule has 0 atom stereocenters. The van der Waals surface area contributed by atoms with Crippen molar-refractivity contribution in [2.75, 3.05) is 32.8 Å². The van der Waals surface area contributed by atoms with Gasteiger partial charge in [0.15, 0.2) is 6.29 Å². The van der Waals surface area contributed by atoms with Crippen LogP contribution >= 0.6 is 0 Å². The van der Waals surface area contributed by atoms with Crippen molar-refractivity contribution in [1.29, 1.82) is 0 Å². The molecule has 0 unspecified atom stereocenters. The van der Waals surface area contributed by atoms with Crippen molar-refractivity contribution in [3.8, 4) is 0 Å². The van der Waals surface area contributed by atoms with E-state index in [4.69, 9.17) is 25.7 Å². The van der Waals surface area contributed by atoms with Crippen LogP contribution in [0.2, 0.25) is 0 Å². The molecule has 4 N–H and O–H groups in total. The second-order valence-electron chi connectivity index (χ2n) is 3.69.